The molecule has 3 N–H and O–H groups in total. The number of nitrogens with two attached hydrogens (primary N) is 1. The van der Waals surface area contributed by atoms with Gasteiger partial charge in [-0.3, -0.25) is 0 Å². The van der Waals surface area contributed by atoms with E-state index < -0.39 is 6.03 Å². The summed E-state index contributed by atoms with van der Waals surface area (Å²) in [5.74, 6) is 0.800. The van der Waals surface area contributed by atoms with Gasteiger partial charge in [0, 0.05) is 11.1 Å². The van der Waals surface area contributed by atoms with Gasteiger partial charge in [-0.05, 0) is 45.8 Å². The van der Waals surface area contributed by atoms with Crippen molar-refractivity contribution < 1.29 is 19.2 Å². The molecule has 2 amide bonds. The standard InChI is InChI=1S/C18H16BrN3O3/c1-22(18(20)24)10-15(19)17(21-22)12-5-3-4-11(8-12)14-9-13(25-2)6-7-16(14)23/h3-10H,1-2H3,(H2-,20,23,24)/p+1. The molecular formula is C18H17BrN3O3+. The fraction of sp³-hybridized carbons (Fsp3) is 0.111. The number of halogens is 1. The van der Waals surface area contributed by atoms with Gasteiger partial charge < -0.3 is 15.6 Å². The summed E-state index contributed by atoms with van der Waals surface area (Å²) in [6.45, 7) is 0. The second kappa shape index (κ2) is 6.34. The Bertz CT molecular complexity index is 924. The number of nitrogens with zero attached hydrogens (tertiary/aromatic N) is 2. The number of phenols is 1. The Hall–Kier alpha value is -2.64. The van der Waals surface area contributed by atoms with Crippen LogP contribution in [0.3, 0.4) is 0 Å². The van der Waals surface area contributed by atoms with Crippen LogP contribution in [0.15, 0.2) is 58.2 Å². The Labute approximate surface area is 153 Å². The minimum atomic E-state index is -0.575. The predicted octanol–water partition coefficient (Wildman–Crippen LogP) is 3.55. The number of rotatable bonds is 3. The number of urea groups is 1. The summed E-state index contributed by atoms with van der Waals surface area (Å²) < 4.78 is 5.55. The number of hydrogen-bond donors (Lipinski definition) is 2. The lowest BCUT2D eigenvalue weighted by atomic mass is 10.00. The Balaban J connectivity index is 2.07. The van der Waals surface area contributed by atoms with E-state index in [1.54, 1.807) is 38.6 Å². The molecule has 0 saturated heterocycles. The van der Waals surface area contributed by atoms with Crippen molar-refractivity contribution in [3.05, 3.63) is 58.7 Å². The van der Waals surface area contributed by atoms with Crippen LogP contribution < -0.4 is 10.5 Å². The topological polar surface area (TPSA) is 84.9 Å². The van der Waals surface area contributed by atoms with Crippen molar-refractivity contribution in [1.29, 1.82) is 0 Å². The number of amides is 2. The van der Waals surface area contributed by atoms with Gasteiger partial charge in [0.2, 0.25) is 0 Å². The van der Waals surface area contributed by atoms with Crippen LogP contribution in [0.2, 0.25) is 0 Å². The molecule has 25 heavy (non-hydrogen) atoms. The SMILES string of the molecule is COc1ccc(O)c(-c2cccc(C3=N[N+](C)(C(N)=O)C=C3Br)c2)c1. The number of hydrogen-bond acceptors (Lipinski definition) is 4. The van der Waals surface area contributed by atoms with Gasteiger partial charge in [-0.2, -0.15) is 0 Å². The number of carbonyl (C=O) groups is 1. The Morgan fingerprint density at radius 2 is 1.96 bits per heavy atom. The van der Waals surface area contributed by atoms with Crippen LogP contribution in [0.5, 0.6) is 11.5 Å². The monoisotopic (exact) mass is 402 g/mol. The number of allylic oxidation sites excluding steroid dienone is 1. The highest BCUT2D eigenvalue weighted by atomic mass is 79.9. The van der Waals surface area contributed by atoms with E-state index >= 15 is 0 Å². The largest absolute Gasteiger partial charge is 0.507 e. The Morgan fingerprint density at radius 3 is 2.60 bits per heavy atom. The minimum Gasteiger partial charge on any atom is -0.507 e. The Kier molecular flexibility index (Phi) is 4.36. The first-order valence-electron chi connectivity index (χ1n) is 7.47. The van der Waals surface area contributed by atoms with Crippen LogP contribution in [0.4, 0.5) is 4.79 Å². The van der Waals surface area contributed by atoms with Gasteiger partial charge in [-0.15, -0.1) is 0 Å². The maximum atomic E-state index is 11.6. The molecule has 1 aliphatic rings. The highest BCUT2D eigenvalue weighted by Gasteiger charge is 2.36. The first-order valence-corrected chi connectivity index (χ1v) is 8.26. The van der Waals surface area contributed by atoms with Gasteiger partial charge in [0.25, 0.3) is 0 Å². The highest BCUT2D eigenvalue weighted by Crippen LogP contribution is 2.34. The first kappa shape index (κ1) is 17.2. The van der Waals surface area contributed by atoms with Crippen LogP contribution >= 0.6 is 15.9 Å². The number of benzene rings is 2. The molecule has 0 fully saturated rings. The van der Waals surface area contributed by atoms with Gasteiger partial charge >= 0.3 is 6.03 Å². The van der Waals surface area contributed by atoms with Crippen molar-refractivity contribution in [2.75, 3.05) is 14.2 Å². The fourth-order valence-corrected chi connectivity index (χ4v) is 3.29. The molecule has 0 aliphatic carbocycles. The summed E-state index contributed by atoms with van der Waals surface area (Å²) >= 11 is 3.44. The van der Waals surface area contributed by atoms with Gasteiger partial charge in [0.1, 0.15) is 34.9 Å². The Morgan fingerprint density at radius 1 is 1.24 bits per heavy atom. The molecule has 7 heteroatoms. The number of ether oxygens (including phenoxy) is 1. The number of quaternary nitrogens is 1. The summed E-state index contributed by atoms with van der Waals surface area (Å²) in [5.41, 5.74) is 8.28. The molecule has 0 saturated carbocycles. The van der Waals surface area contributed by atoms with Gasteiger partial charge in [0.05, 0.1) is 7.11 Å². The van der Waals surface area contributed by atoms with Crippen LogP contribution in [0.25, 0.3) is 11.1 Å². The van der Waals surface area contributed by atoms with Crippen molar-refractivity contribution in [2.24, 2.45) is 10.8 Å². The molecule has 6 nitrogen and oxygen atoms in total. The van der Waals surface area contributed by atoms with Crippen molar-refractivity contribution in [1.82, 2.24) is 0 Å². The number of methoxy groups -OCH3 is 1. The van der Waals surface area contributed by atoms with E-state index in [-0.39, 0.29) is 10.3 Å². The molecule has 1 aliphatic heterocycles. The number of primary amides is 1. The smallest absolute Gasteiger partial charge is 0.445 e. The van der Waals surface area contributed by atoms with Crippen LogP contribution in [0, 0.1) is 0 Å². The normalized spacial score (nSPS) is 19.3. The summed E-state index contributed by atoms with van der Waals surface area (Å²) in [6, 6.07) is 12.0. The average Bonchev–Trinajstić information content (AvgIpc) is 2.92. The van der Waals surface area contributed by atoms with E-state index in [0.717, 1.165) is 11.1 Å². The van der Waals surface area contributed by atoms with Crippen LogP contribution in [-0.2, 0) is 0 Å². The zero-order valence-corrected chi connectivity index (χ0v) is 15.3. The highest BCUT2D eigenvalue weighted by molar-refractivity contribution is 9.12. The third-order valence-corrected chi connectivity index (χ3v) is 4.58. The van der Waals surface area contributed by atoms with Gasteiger partial charge in [-0.1, -0.05) is 27.9 Å². The number of phenolic OH excluding ortho intramolecular Hbond substituents is 1. The van der Waals surface area contributed by atoms with Crippen molar-refractivity contribution in [2.45, 2.75) is 0 Å². The third kappa shape index (κ3) is 3.16. The quantitative estimate of drug-likeness (QED) is 0.769. The van der Waals surface area contributed by atoms with E-state index in [1.165, 1.54) is 0 Å². The predicted molar refractivity (Wildman–Crippen MR) is 99.4 cm³/mol. The van der Waals surface area contributed by atoms with Crippen molar-refractivity contribution in [3.8, 4) is 22.6 Å². The average molecular weight is 403 g/mol. The summed E-state index contributed by atoms with van der Waals surface area (Å²) in [4.78, 5) is 11.6. The van der Waals surface area contributed by atoms with Gasteiger partial charge in [-0.25, -0.2) is 4.79 Å². The van der Waals surface area contributed by atoms with Gasteiger partial charge in [0.15, 0.2) is 0 Å². The van der Waals surface area contributed by atoms with Crippen LogP contribution in [-0.4, -0.2) is 35.6 Å². The second-order valence-corrected chi connectivity index (χ2v) is 6.61. The molecular weight excluding hydrogens is 386 g/mol. The molecule has 0 spiro atoms. The summed E-state index contributed by atoms with van der Waals surface area (Å²) in [7, 11) is 3.18. The lowest BCUT2D eigenvalue weighted by Gasteiger charge is -2.13. The van der Waals surface area contributed by atoms with Crippen LogP contribution in [0.1, 0.15) is 5.56 Å². The van der Waals surface area contributed by atoms with E-state index in [0.29, 0.717) is 21.5 Å². The minimum absolute atomic E-state index is 0.152. The number of carbonyl (C=O) groups excluding carboxylic acids is 1. The molecule has 128 valence electrons. The van der Waals surface area contributed by atoms with E-state index in [1.807, 2.05) is 24.3 Å². The first-order chi connectivity index (χ1) is 11.8. The zero-order valence-electron chi connectivity index (χ0n) is 13.7. The number of aromatic hydroxyl groups is 1. The van der Waals surface area contributed by atoms with E-state index in [4.69, 9.17) is 10.5 Å². The maximum Gasteiger partial charge on any atom is 0.445 e. The maximum absolute atomic E-state index is 11.6. The lowest BCUT2D eigenvalue weighted by molar-refractivity contribution is -0.779. The fourth-order valence-electron chi connectivity index (χ4n) is 2.58. The van der Waals surface area contributed by atoms with E-state index in [9.17, 15) is 9.90 Å². The molecule has 0 bridgehead atoms. The lowest BCUT2D eigenvalue weighted by Crippen LogP contribution is -2.42. The molecule has 1 heterocycles. The third-order valence-electron chi connectivity index (χ3n) is 4.00. The summed E-state index contributed by atoms with van der Waals surface area (Å²) in [6.07, 6.45) is 1.63. The molecule has 3 rings (SSSR count). The molecule has 0 aromatic heterocycles. The summed E-state index contributed by atoms with van der Waals surface area (Å²) in [5, 5.41) is 14.6. The molecule has 2 aromatic carbocycles. The van der Waals surface area contributed by atoms with Crippen molar-refractivity contribution in [3.63, 3.8) is 0 Å². The zero-order chi connectivity index (χ0) is 18.2. The molecule has 1 atom stereocenters. The molecule has 0 radical (unpaired) electrons. The molecule has 2 aromatic rings. The van der Waals surface area contributed by atoms with E-state index in [2.05, 4.69) is 21.0 Å². The second-order valence-electron chi connectivity index (χ2n) is 5.75. The molecule has 1 unspecified atom stereocenters. The van der Waals surface area contributed by atoms with Crippen molar-refractivity contribution >= 4 is 27.7 Å².